The van der Waals surface area contributed by atoms with E-state index in [-0.39, 0.29) is 17.9 Å². The largest absolute Gasteiger partial charge is 0.304 e. The fourth-order valence-corrected chi connectivity index (χ4v) is 2.40. The molecule has 100 valence electrons. The molecule has 2 atom stereocenters. The van der Waals surface area contributed by atoms with Crippen LogP contribution < -0.4 is 5.32 Å². The van der Waals surface area contributed by atoms with E-state index in [0.717, 1.165) is 5.56 Å². The summed E-state index contributed by atoms with van der Waals surface area (Å²) in [7, 11) is 0. The lowest BCUT2D eigenvalue weighted by Gasteiger charge is -2.21. The molecular weight excluding hydrogens is 307 g/mol. The number of halogens is 2. The van der Waals surface area contributed by atoms with E-state index in [0.29, 0.717) is 4.47 Å². The van der Waals surface area contributed by atoms with Gasteiger partial charge in [0.05, 0.1) is 4.47 Å². The fraction of sp³-hybridized carbons (Fsp3) is 0.267. The molecule has 1 aromatic heterocycles. The molecule has 19 heavy (non-hydrogen) atoms. The third-order valence-corrected chi connectivity index (χ3v) is 3.76. The van der Waals surface area contributed by atoms with Crippen molar-refractivity contribution in [3.05, 3.63) is 64.1 Å². The minimum atomic E-state index is -0.238. The minimum absolute atomic E-state index is 0.139. The maximum absolute atomic E-state index is 13.2. The van der Waals surface area contributed by atoms with Gasteiger partial charge >= 0.3 is 0 Å². The van der Waals surface area contributed by atoms with Gasteiger partial charge in [-0.25, -0.2) is 4.39 Å². The van der Waals surface area contributed by atoms with Crippen LogP contribution in [0.15, 0.2) is 47.2 Å². The summed E-state index contributed by atoms with van der Waals surface area (Å²) < 4.78 is 13.7. The Balaban J connectivity index is 2.08. The number of nitrogens with zero attached hydrogens (tertiary/aromatic N) is 1. The van der Waals surface area contributed by atoms with Crippen molar-refractivity contribution < 1.29 is 4.39 Å². The molecule has 0 radical (unpaired) electrons. The van der Waals surface area contributed by atoms with Crippen LogP contribution in [0.5, 0.6) is 0 Å². The molecule has 0 bridgehead atoms. The molecule has 0 saturated heterocycles. The number of pyridine rings is 1. The summed E-state index contributed by atoms with van der Waals surface area (Å²) in [6.07, 6.45) is 3.57. The van der Waals surface area contributed by atoms with E-state index in [9.17, 15) is 4.39 Å². The summed E-state index contributed by atoms with van der Waals surface area (Å²) >= 11 is 3.21. The van der Waals surface area contributed by atoms with Gasteiger partial charge in [0.1, 0.15) is 5.82 Å². The third-order valence-electron chi connectivity index (χ3n) is 3.15. The standard InChI is InChI=1S/C15H16BrFN2/c1-10(12-5-7-18-8-6-12)19-11(2)13-3-4-15(17)14(16)9-13/h3-11,19H,1-2H3/t10-,11?/m0/s1. The number of benzene rings is 1. The van der Waals surface area contributed by atoms with Crippen LogP contribution in [0.3, 0.4) is 0 Å². The Morgan fingerprint density at radius 2 is 1.68 bits per heavy atom. The first kappa shape index (κ1) is 14.2. The molecule has 0 saturated carbocycles. The van der Waals surface area contributed by atoms with Crippen molar-refractivity contribution >= 4 is 15.9 Å². The molecule has 1 aromatic carbocycles. The predicted molar refractivity (Wildman–Crippen MR) is 78.3 cm³/mol. The van der Waals surface area contributed by atoms with Crippen LogP contribution in [0.2, 0.25) is 0 Å². The highest BCUT2D eigenvalue weighted by molar-refractivity contribution is 9.10. The average molecular weight is 323 g/mol. The quantitative estimate of drug-likeness (QED) is 0.902. The minimum Gasteiger partial charge on any atom is -0.304 e. The van der Waals surface area contributed by atoms with Gasteiger partial charge in [-0.1, -0.05) is 6.07 Å². The zero-order valence-corrected chi connectivity index (χ0v) is 12.5. The van der Waals surface area contributed by atoms with Crippen LogP contribution in [-0.4, -0.2) is 4.98 Å². The molecule has 0 aliphatic carbocycles. The lowest BCUT2D eigenvalue weighted by atomic mass is 10.1. The second kappa shape index (κ2) is 6.26. The Bertz CT molecular complexity index is 545. The Kier molecular flexibility index (Phi) is 4.66. The first-order chi connectivity index (χ1) is 9.08. The highest BCUT2D eigenvalue weighted by Gasteiger charge is 2.12. The van der Waals surface area contributed by atoms with Crippen molar-refractivity contribution in [2.75, 3.05) is 0 Å². The van der Waals surface area contributed by atoms with Crippen molar-refractivity contribution in [2.24, 2.45) is 0 Å². The summed E-state index contributed by atoms with van der Waals surface area (Å²) in [6, 6.07) is 9.43. The lowest BCUT2D eigenvalue weighted by molar-refractivity contribution is 0.493. The Hall–Kier alpha value is -1.26. The second-order valence-electron chi connectivity index (χ2n) is 4.56. The summed E-state index contributed by atoms with van der Waals surface area (Å²) in [5.41, 5.74) is 2.23. The van der Waals surface area contributed by atoms with E-state index in [1.54, 1.807) is 18.5 Å². The molecular formula is C15H16BrFN2. The van der Waals surface area contributed by atoms with E-state index in [4.69, 9.17) is 0 Å². The normalized spacial score (nSPS) is 14.1. The van der Waals surface area contributed by atoms with Crippen molar-refractivity contribution in [1.82, 2.24) is 10.3 Å². The van der Waals surface area contributed by atoms with Gasteiger partial charge in [-0.05, 0) is 65.2 Å². The highest BCUT2D eigenvalue weighted by Crippen LogP contribution is 2.23. The average Bonchev–Trinajstić information content (AvgIpc) is 2.42. The molecule has 1 heterocycles. The number of nitrogens with one attached hydrogen (secondary N) is 1. The van der Waals surface area contributed by atoms with Crippen molar-refractivity contribution in [3.8, 4) is 0 Å². The molecule has 0 fully saturated rings. The molecule has 2 nitrogen and oxygen atoms in total. The molecule has 0 amide bonds. The van der Waals surface area contributed by atoms with E-state index < -0.39 is 0 Å². The van der Waals surface area contributed by atoms with Gasteiger partial charge in [-0.15, -0.1) is 0 Å². The van der Waals surface area contributed by atoms with Gasteiger partial charge in [0.15, 0.2) is 0 Å². The van der Waals surface area contributed by atoms with Crippen molar-refractivity contribution in [2.45, 2.75) is 25.9 Å². The van der Waals surface area contributed by atoms with Gasteiger partial charge in [-0.3, -0.25) is 4.98 Å². The van der Waals surface area contributed by atoms with Gasteiger partial charge < -0.3 is 5.32 Å². The van der Waals surface area contributed by atoms with Gasteiger partial charge in [0, 0.05) is 24.5 Å². The summed E-state index contributed by atoms with van der Waals surface area (Å²) in [5.74, 6) is -0.238. The highest BCUT2D eigenvalue weighted by atomic mass is 79.9. The predicted octanol–water partition coefficient (Wildman–Crippen LogP) is 4.40. The molecule has 1 N–H and O–H groups in total. The monoisotopic (exact) mass is 322 g/mol. The number of hydrogen-bond acceptors (Lipinski definition) is 2. The van der Waals surface area contributed by atoms with Crippen LogP contribution >= 0.6 is 15.9 Å². The SMILES string of the molecule is CC(N[C@@H](C)c1ccncc1)c1ccc(F)c(Br)c1. The maximum Gasteiger partial charge on any atom is 0.137 e. The van der Waals surface area contributed by atoms with Crippen LogP contribution in [0.25, 0.3) is 0 Å². The molecule has 0 aliphatic rings. The van der Waals surface area contributed by atoms with Crippen LogP contribution in [0, 0.1) is 5.82 Å². The second-order valence-corrected chi connectivity index (χ2v) is 5.42. The summed E-state index contributed by atoms with van der Waals surface area (Å²) in [5, 5.41) is 3.49. The molecule has 2 rings (SSSR count). The van der Waals surface area contributed by atoms with E-state index in [1.807, 2.05) is 18.2 Å². The Labute approximate surface area is 121 Å². The number of rotatable bonds is 4. The Morgan fingerprint density at radius 3 is 2.32 bits per heavy atom. The Morgan fingerprint density at radius 1 is 1.05 bits per heavy atom. The van der Waals surface area contributed by atoms with Gasteiger partial charge in [0.2, 0.25) is 0 Å². The topological polar surface area (TPSA) is 24.9 Å². The zero-order valence-electron chi connectivity index (χ0n) is 10.9. The first-order valence-corrected chi connectivity index (χ1v) is 6.98. The summed E-state index contributed by atoms with van der Waals surface area (Å²) in [4.78, 5) is 4.01. The molecule has 2 aromatic rings. The maximum atomic E-state index is 13.2. The molecule has 1 unspecified atom stereocenters. The lowest BCUT2D eigenvalue weighted by Crippen LogP contribution is -2.22. The van der Waals surface area contributed by atoms with Crippen LogP contribution in [-0.2, 0) is 0 Å². The number of hydrogen-bond donors (Lipinski definition) is 1. The molecule has 0 spiro atoms. The zero-order chi connectivity index (χ0) is 13.8. The molecule has 0 aliphatic heterocycles. The van der Waals surface area contributed by atoms with Crippen LogP contribution in [0.4, 0.5) is 4.39 Å². The van der Waals surface area contributed by atoms with E-state index in [2.05, 4.69) is 40.1 Å². The first-order valence-electron chi connectivity index (χ1n) is 6.19. The van der Waals surface area contributed by atoms with E-state index in [1.165, 1.54) is 11.6 Å². The van der Waals surface area contributed by atoms with Crippen molar-refractivity contribution in [3.63, 3.8) is 0 Å². The van der Waals surface area contributed by atoms with Gasteiger partial charge in [0.25, 0.3) is 0 Å². The number of aromatic nitrogens is 1. The van der Waals surface area contributed by atoms with E-state index >= 15 is 0 Å². The smallest absolute Gasteiger partial charge is 0.137 e. The summed E-state index contributed by atoms with van der Waals surface area (Å²) in [6.45, 7) is 4.17. The van der Waals surface area contributed by atoms with Crippen molar-refractivity contribution in [1.29, 1.82) is 0 Å². The molecule has 4 heteroatoms. The van der Waals surface area contributed by atoms with Gasteiger partial charge in [-0.2, -0.15) is 0 Å². The third kappa shape index (κ3) is 3.61. The fourth-order valence-electron chi connectivity index (χ4n) is 2.00. The van der Waals surface area contributed by atoms with Crippen LogP contribution in [0.1, 0.15) is 37.1 Å².